The molecule has 3 aromatic carbocycles. The summed E-state index contributed by atoms with van der Waals surface area (Å²) in [7, 11) is 0. The fourth-order valence-electron chi connectivity index (χ4n) is 4.49. The van der Waals surface area contributed by atoms with Crippen molar-refractivity contribution in [2.24, 2.45) is 0 Å². The van der Waals surface area contributed by atoms with Crippen molar-refractivity contribution >= 4 is 22.2 Å². The van der Waals surface area contributed by atoms with Crippen molar-refractivity contribution < 1.29 is 4.79 Å². The van der Waals surface area contributed by atoms with Gasteiger partial charge in [-0.1, -0.05) is 66.7 Å². The predicted octanol–water partition coefficient (Wildman–Crippen LogP) is 4.13. The minimum Gasteiger partial charge on any atom is -0.341 e. The Bertz CT molecular complexity index is 1690. The number of aromatic amines is 1. The van der Waals surface area contributed by atoms with Gasteiger partial charge in [-0.3, -0.25) is 9.59 Å². The number of H-pyrrole nitrogens is 1. The third-order valence-corrected chi connectivity index (χ3v) is 6.44. The normalized spacial score (nSPS) is 14.1. The van der Waals surface area contributed by atoms with Crippen molar-refractivity contribution in [1.82, 2.24) is 19.9 Å². The molecule has 0 atom stereocenters. The van der Waals surface area contributed by atoms with E-state index in [0.29, 0.717) is 5.69 Å². The molecule has 0 radical (unpaired) electrons. The molecule has 0 bridgehead atoms. The lowest BCUT2D eigenvalue weighted by atomic mass is 10.0. The second kappa shape index (κ2) is 7.42. The number of hydrogen-bond acceptors (Lipinski definition) is 4. The molecular formula is C27H19N5O2. The molecule has 0 saturated heterocycles. The van der Waals surface area contributed by atoms with Crippen molar-refractivity contribution in [2.75, 3.05) is 0 Å². The molecule has 0 spiro atoms. The van der Waals surface area contributed by atoms with Crippen LogP contribution in [0.15, 0.2) is 83.8 Å². The molecule has 5 aromatic rings. The maximum Gasteiger partial charge on any atom is 0.275 e. The molecule has 2 N–H and O–H groups in total. The predicted molar refractivity (Wildman–Crippen MR) is 128 cm³/mol. The zero-order valence-corrected chi connectivity index (χ0v) is 18.1. The van der Waals surface area contributed by atoms with Crippen molar-refractivity contribution in [3.63, 3.8) is 0 Å². The number of carbonyl (C=O) groups is 1. The van der Waals surface area contributed by atoms with Crippen LogP contribution in [0.2, 0.25) is 0 Å². The Hall–Kier alpha value is -4.70. The van der Waals surface area contributed by atoms with Crippen LogP contribution in [0.4, 0.5) is 0 Å². The zero-order valence-electron chi connectivity index (χ0n) is 18.1. The number of rotatable bonds is 4. The van der Waals surface area contributed by atoms with E-state index in [1.165, 1.54) is 4.52 Å². The van der Waals surface area contributed by atoms with Crippen LogP contribution in [-0.4, -0.2) is 20.5 Å². The van der Waals surface area contributed by atoms with E-state index >= 15 is 0 Å². The van der Waals surface area contributed by atoms with Gasteiger partial charge in [0.1, 0.15) is 17.1 Å². The summed E-state index contributed by atoms with van der Waals surface area (Å²) in [5.74, 6) is -0.465. The molecule has 0 unspecified atom stereocenters. The molecular weight excluding hydrogens is 426 g/mol. The Morgan fingerprint density at radius 1 is 1.03 bits per heavy atom. The molecule has 2 heterocycles. The quantitative estimate of drug-likeness (QED) is 0.434. The molecule has 1 aliphatic carbocycles. The van der Waals surface area contributed by atoms with Crippen LogP contribution in [0, 0.1) is 11.3 Å². The third-order valence-electron chi connectivity index (χ3n) is 6.44. The monoisotopic (exact) mass is 445 g/mol. The smallest absolute Gasteiger partial charge is 0.275 e. The van der Waals surface area contributed by atoms with E-state index in [9.17, 15) is 14.9 Å². The lowest BCUT2D eigenvalue weighted by Crippen LogP contribution is -2.35. The van der Waals surface area contributed by atoms with Gasteiger partial charge in [-0.05, 0) is 35.2 Å². The maximum atomic E-state index is 13.2. The van der Waals surface area contributed by atoms with E-state index in [0.717, 1.165) is 34.7 Å². The lowest BCUT2D eigenvalue weighted by molar-refractivity contribution is 0.0925. The largest absolute Gasteiger partial charge is 0.341 e. The van der Waals surface area contributed by atoms with Gasteiger partial charge in [0.2, 0.25) is 0 Å². The second-order valence-corrected chi connectivity index (χ2v) is 8.59. The van der Waals surface area contributed by atoms with E-state index in [1.54, 1.807) is 6.20 Å². The highest BCUT2D eigenvalue weighted by Crippen LogP contribution is 2.45. The summed E-state index contributed by atoms with van der Waals surface area (Å²) < 4.78 is 1.33. The summed E-state index contributed by atoms with van der Waals surface area (Å²) in [5.41, 5.74) is 1.41. The molecule has 1 aliphatic rings. The standard InChI is InChI=1S/C27H19N5O2/c28-15-21-23(25(33)30-27(12-13-27)20-8-2-1-3-9-20)31-32-16-22(29-26(34)24(21)32)19-11-10-17-6-4-5-7-18(17)14-19/h1-11,14,16H,12-13H2,(H,29,34)(H,30,33). The SMILES string of the molecule is N#Cc1c(C(=O)NC2(c3ccccc3)CC2)nn2cc(-c3ccc4ccccc4c3)[nH]c(=O)c12. The summed E-state index contributed by atoms with van der Waals surface area (Å²) in [6.07, 6.45) is 3.26. The van der Waals surface area contributed by atoms with Crippen molar-refractivity contribution in [2.45, 2.75) is 18.4 Å². The van der Waals surface area contributed by atoms with E-state index in [2.05, 4.69) is 15.4 Å². The van der Waals surface area contributed by atoms with Gasteiger partial charge in [0.05, 0.1) is 17.4 Å². The first-order valence-corrected chi connectivity index (χ1v) is 11.0. The molecule has 2 aromatic heterocycles. The number of aromatic nitrogens is 3. The van der Waals surface area contributed by atoms with Crippen LogP contribution >= 0.6 is 0 Å². The lowest BCUT2D eigenvalue weighted by Gasteiger charge is -2.17. The Labute approximate surface area is 194 Å². The number of nitrogens with zero attached hydrogens (tertiary/aromatic N) is 3. The van der Waals surface area contributed by atoms with Gasteiger partial charge in [0.15, 0.2) is 5.69 Å². The maximum absolute atomic E-state index is 13.2. The highest BCUT2D eigenvalue weighted by Gasteiger charge is 2.46. The van der Waals surface area contributed by atoms with Crippen LogP contribution in [-0.2, 0) is 5.54 Å². The van der Waals surface area contributed by atoms with Crippen LogP contribution < -0.4 is 10.9 Å². The van der Waals surface area contributed by atoms with Gasteiger partial charge in [0.25, 0.3) is 11.5 Å². The fourth-order valence-corrected chi connectivity index (χ4v) is 4.49. The van der Waals surface area contributed by atoms with E-state index in [-0.39, 0.29) is 16.8 Å². The summed E-state index contributed by atoms with van der Waals surface area (Å²) in [4.78, 5) is 29.0. The minimum atomic E-state index is -0.474. The van der Waals surface area contributed by atoms with Crippen LogP contribution in [0.5, 0.6) is 0 Å². The van der Waals surface area contributed by atoms with Gasteiger partial charge in [-0.2, -0.15) is 10.4 Å². The minimum absolute atomic E-state index is 0.0346. The van der Waals surface area contributed by atoms with Crippen molar-refractivity contribution in [1.29, 1.82) is 5.26 Å². The molecule has 6 rings (SSSR count). The number of carbonyl (C=O) groups excluding carboxylic acids is 1. The number of nitriles is 1. The number of fused-ring (bicyclic) bond motifs is 2. The Kier molecular flexibility index (Phi) is 4.36. The third kappa shape index (κ3) is 3.16. The summed E-state index contributed by atoms with van der Waals surface area (Å²) in [5, 5.41) is 19.3. The highest BCUT2D eigenvalue weighted by molar-refractivity contribution is 5.98. The first-order chi connectivity index (χ1) is 16.6. The van der Waals surface area contributed by atoms with Gasteiger partial charge in [-0.25, -0.2) is 4.52 Å². The molecule has 164 valence electrons. The fraction of sp³-hybridized carbons (Fsp3) is 0.111. The van der Waals surface area contributed by atoms with Crippen molar-refractivity contribution in [3.8, 4) is 17.3 Å². The van der Waals surface area contributed by atoms with Gasteiger partial charge in [0, 0.05) is 5.56 Å². The topological polar surface area (TPSA) is 103 Å². The van der Waals surface area contributed by atoms with E-state index < -0.39 is 17.0 Å². The van der Waals surface area contributed by atoms with Crippen LogP contribution in [0.3, 0.4) is 0 Å². The number of benzene rings is 3. The molecule has 0 aliphatic heterocycles. The van der Waals surface area contributed by atoms with Gasteiger partial charge in [-0.15, -0.1) is 0 Å². The summed E-state index contributed by atoms with van der Waals surface area (Å²) in [6.45, 7) is 0. The summed E-state index contributed by atoms with van der Waals surface area (Å²) >= 11 is 0. The number of hydrogen-bond donors (Lipinski definition) is 2. The number of nitrogens with one attached hydrogen (secondary N) is 2. The van der Waals surface area contributed by atoms with Crippen molar-refractivity contribution in [3.05, 3.63) is 106 Å². The molecule has 34 heavy (non-hydrogen) atoms. The molecule has 1 saturated carbocycles. The molecule has 7 heteroatoms. The molecule has 1 amide bonds. The first kappa shape index (κ1) is 19.9. The molecule has 7 nitrogen and oxygen atoms in total. The Morgan fingerprint density at radius 3 is 2.50 bits per heavy atom. The highest BCUT2D eigenvalue weighted by atomic mass is 16.2. The average Bonchev–Trinajstić information content (AvgIpc) is 3.55. The van der Waals surface area contributed by atoms with Crippen LogP contribution in [0.25, 0.3) is 27.5 Å². The van der Waals surface area contributed by atoms with E-state index in [4.69, 9.17) is 0 Å². The number of amides is 1. The zero-order chi connectivity index (χ0) is 23.3. The average molecular weight is 445 g/mol. The Morgan fingerprint density at radius 2 is 1.76 bits per heavy atom. The van der Waals surface area contributed by atoms with Crippen LogP contribution in [0.1, 0.15) is 34.5 Å². The Balaban J connectivity index is 1.41. The summed E-state index contributed by atoms with van der Waals surface area (Å²) in [6, 6.07) is 25.6. The van der Waals surface area contributed by atoms with Gasteiger partial charge < -0.3 is 10.3 Å². The first-order valence-electron chi connectivity index (χ1n) is 11.0. The van der Waals surface area contributed by atoms with E-state index in [1.807, 2.05) is 78.9 Å². The second-order valence-electron chi connectivity index (χ2n) is 8.59. The van der Waals surface area contributed by atoms with Gasteiger partial charge >= 0.3 is 0 Å². The molecule has 1 fully saturated rings.